The van der Waals surface area contributed by atoms with Gasteiger partial charge in [-0.25, -0.2) is 4.68 Å². The molecule has 0 spiro atoms. The van der Waals surface area contributed by atoms with Gasteiger partial charge in [0.15, 0.2) is 11.5 Å². The molecule has 1 aromatic carbocycles. The summed E-state index contributed by atoms with van der Waals surface area (Å²) in [6.45, 7) is 2.37. The fourth-order valence-corrected chi connectivity index (χ4v) is 2.07. The average molecular weight is 289 g/mol. The fraction of sp³-hybridized carbons (Fsp3) is 0.333. The van der Waals surface area contributed by atoms with E-state index in [9.17, 15) is 4.79 Å². The summed E-state index contributed by atoms with van der Waals surface area (Å²) in [5.74, 6) is 1.24. The third-order valence-corrected chi connectivity index (χ3v) is 3.27. The summed E-state index contributed by atoms with van der Waals surface area (Å²) < 4.78 is 11.9. The highest BCUT2D eigenvalue weighted by molar-refractivity contribution is 5.45. The molecule has 1 aromatic heterocycles. The molecule has 1 heterocycles. The first-order chi connectivity index (χ1) is 10.1. The first-order valence-electron chi connectivity index (χ1n) is 6.66. The molecule has 0 amide bonds. The zero-order chi connectivity index (χ0) is 15.4. The van der Waals surface area contributed by atoms with Crippen LogP contribution in [0.1, 0.15) is 24.2 Å². The van der Waals surface area contributed by atoms with E-state index in [-0.39, 0.29) is 5.56 Å². The van der Waals surface area contributed by atoms with Gasteiger partial charge in [-0.2, -0.15) is 5.10 Å². The third kappa shape index (κ3) is 3.05. The smallest absolute Gasteiger partial charge is 0.266 e. The predicted octanol–water partition coefficient (Wildman–Crippen LogP) is 1.33. The molecule has 2 N–H and O–H groups in total. The zero-order valence-electron chi connectivity index (χ0n) is 12.4. The van der Waals surface area contributed by atoms with Crippen molar-refractivity contribution in [3.63, 3.8) is 0 Å². The normalized spacial score (nSPS) is 12.0. The minimum absolute atomic E-state index is 0.138. The lowest BCUT2D eigenvalue weighted by Gasteiger charge is -2.15. The Balaban J connectivity index is 2.39. The van der Waals surface area contributed by atoms with Crippen LogP contribution in [-0.2, 0) is 6.54 Å². The molecule has 0 aliphatic rings. The van der Waals surface area contributed by atoms with Crippen molar-refractivity contribution in [1.29, 1.82) is 0 Å². The summed E-state index contributed by atoms with van der Waals surface area (Å²) in [4.78, 5) is 11.6. The molecule has 6 nitrogen and oxygen atoms in total. The first-order valence-corrected chi connectivity index (χ1v) is 6.66. The Labute approximate surface area is 123 Å². The number of ether oxygens (including phenoxy) is 2. The zero-order valence-corrected chi connectivity index (χ0v) is 12.4. The van der Waals surface area contributed by atoms with E-state index in [1.165, 1.54) is 10.7 Å². The standard InChI is InChI=1S/C15H19N3O3/c1-4-18-14(19)8-6-11(17-18)15(16)10-5-7-12(20-2)13(9-10)21-3/h5-9,15H,4,16H2,1-3H3. The van der Waals surface area contributed by atoms with Gasteiger partial charge in [0.2, 0.25) is 0 Å². The number of methoxy groups -OCH3 is 2. The lowest BCUT2D eigenvalue weighted by Crippen LogP contribution is -2.25. The molecule has 2 rings (SSSR count). The minimum Gasteiger partial charge on any atom is -0.493 e. The number of hydrogen-bond donors (Lipinski definition) is 1. The molecular formula is C15H19N3O3. The van der Waals surface area contributed by atoms with Crippen molar-refractivity contribution in [2.75, 3.05) is 14.2 Å². The number of rotatable bonds is 5. The number of benzene rings is 1. The number of nitrogens with zero attached hydrogens (tertiary/aromatic N) is 2. The van der Waals surface area contributed by atoms with Gasteiger partial charge in [-0.15, -0.1) is 0 Å². The third-order valence-electron chi connectivity index (χ3n) is 3.27. The van der Waals surface area contributed by atoms with Crippen LogP contribution in [0.5, 0.6) is 11.5 Å². The van der Waals surface area contributed by atoms with Crippen molar-refractivity contribution in [3.05, 3.63) is 51.9 Å². The molecule has 0 radical (unpaired) electrons. The lowest BCUT2D eigenvalue weighted by molar-refractivity contribution is 0.354. The molecule has 21 heavy (non-hydrogen) atoms. The Kier molecular flexibility index (Phi) is 4.59. The van der Waals surface area contributed by atoms with E-state index in [1.807, 2.05) is 19.1 Å². The first kappa shape index (κ1) is 15.1. The second-order valence-corrected chi connectivity index (χ2v) is 4.50. The monoisotopic (exact) mass is 289 g/mol. The molecule has 0 saturated carbocycles. The minimum atomic E-state index is -0.441. The van der Waals surface area contributed by atoms with E-state index < -0.39 is 6.04 Å². The second-order valence-electron chi connectivity index (χ2n) is 4.50. The molecule has 112 valence electrons. The SMILES string of the molecule is CCn1nc(C(N)c2ccc(OC)c(OC)c2)ccc1=O. The van der Waals surface area contributed by atoms with Gasteiger partial charge in [-0.1, -0.05) is 6.07 Å². The fourth-order valence-electron chi connectivity index (χ4n) is 2.07. The summed E-state index contributed by atoms with van der Waals surface area (Å²) in [6.07, 6.45) is 0. The maximum Gasteiger partial charge on any atom is 0.266 e. The van der Waals surface area contributed by atoms with E-state index in [1.54, 1.807) is 26.4 Å². The van der Waals surface area contributed by atoms with E-state index >= 15 is 0 Å². The average Bonchev–Trinajstić information content (AvgIpc) is 2.53. The van der Waals surface area contributed by atoms with Crippen LogP contribution in [0.3, 0.4) is 0 Å². The maximum absolute atomic E-state index is 11.6. The quantitative estimate of drug-likeness (QED) is 0.898. The molecule has 0 aliphatic carbocycles. The number of aryl methyl sites for hydroxylation is 1. The number of hydrogen-bond acceptors (Lipinski definition) is 5. The summed E-state index contributed by atoms with van der Waals surface area (Å²) >= 11 is 0. The Hall–Kier alpha value is -2.34. The van der Waals surface area contributed by atoms with Crippen LogP contribution in [0.25, 0.3) is 0 Å². The molecule has 2 aromatic rings. The lowest BCUT2D eigenvalue weighted by atomic mass is 10.0. The van der Waals surface area contributed by atoms with Crippen molar-refractivity contribution in [2.24, 2.45) is 5.73 Å². The van der Waals surface area contributed by atoms with Crippen LogP contribution < -0.4 is 20.8 Å². The van der Waals surface area contributed by atoms with E-state index in [0.717, 1.165) is 5.56 Å². The number of aromatic nitrogens is 2. The van der Waals surface area contributed by atoms with E-state index in [2.05, 4.69) is 5.10 Å². The van der Waals surface area contributed by atoms with Gasteiger partial charge in [-0.3, -0.25) is 4.79 Å². The van der Waals surface area contributed by atoms with Crippen LogP contribution >= 0.6 is 0 Å². The molecular weight excluding hydrogens is 270 g/mol. The Bertz CT molecular complexity index is 682. The Morgan fingerprint density at radius 2 is 1.90 bits per heavy atom. The molecule has 1 atom stereocenters. The Morgan fingerprint density at radius 3 is 2.52 bits per heavy atom. The molecule has 6 heteroatoms. The van der Waals surface area contributed by atoms with Gasteiger partial charge in [0.05, 0.1) is 26.0 Å². The highest BCUT2D eigenvalue weighted by Gasteiger charge is 2.14. The molecule has 0 bridgehead atoms. The van der Waals surface area contributed by atoms with Crippen molar-refractivity contribution >= 4 is 0 Å². The van der Waals surface area contributed by atoms with Gasteiger partial charge in [-0.05, 0) is 30.7 Å². The second kappa shape index (κ2) is 6.41. The van der Waals surface area contributed by atoms with E-state index in [0.29, 0.717) is 23.7 Å². The van der Waals surface area contributed by atoms with Crippen molar-refractivity contribution in [1.82, 2.24) is 9.78 Å². The van der Waals surface area contributed by atoms with Gasteiger partial charge < -0.3 is 15.2 Å². The molecule has 0 saturated heterocycles. The van der Waals surface area contributed by atoms with Gasteiger partial charge in [0.1, 0.15) is 0 Å². The maximum atomic E-state index is 11.6. The van der Waals surface area contributed by atoms with Gasteiger partial charge in [0.25, 0.3) is 5.56 Å². The predicted molar refractivity (Wildman–Crippen MR) is 79.7 cm³/mol. The molecule has 0 aliphatic heterocycles. The Morgan fingerprint density at radius 1 is 1.19 bits per heavy atom. The highest BCUT2D eigenvalue weighted by Crippen LogP contribution is 2.30. The van der Waals surface area contributed by atoms with E-state index in [4.69, 9.17) is 15.2 Å². The summed E-state index contributed by atoms with van der Waals surface area (Å²) in [5, 5.41) is 4.27. The van der Waals surface area contributed by atoms with Crippen molar-refractivity contribution < 1.29 is 9.47 Å². The van der Waals surface area contributed by atoms with Crippen molar-refractivity contribution in [2.45, 2.75) is 19.5 Å². The van der Waals surface area contributed by atoms with Crippen LogP contribution in [0, 0.1) is 0 Å². The van der Waals surface area contributed by atoms with Gasteiger partial charge in [0, 0.05) is 12.6 Å². The van der Waals surface area contributed by atoms with Crippen molar-refractivity contribution in [3.8, 4) is 11.5 Å². The summed E-state index contributed by atoms with van der Waals surface area (Å²) in [6, 6.07) is 8.15. The van der Waals surface area contributed by atoms with Crippen LogP contribution in [0.2, 0.25) is 0 Å². The van der Waals surface area contributed by atoms with Crippen LogP contribution in [0.15, 0.2) is 35.1 Å². The van der Waals surface area contributed by atoms with Gasteiger partial charge >= 0.3 is 0 Å². The topological polar surface area (TPSA) is 79.4 Å². The largest absolute Gasteiger partial charge is 0.493 e. The summed E-state index contributed by atoms with van der Waals surface area (Å²) in [7, 11) is 3.15. The van der Waals surface area contributed by atoms with Crippen LogP contribution in [-0.4, -0.2) is 24.0 Å². The number of nitrogens with two attached hydrogens (primary N) is 1. The molecule has 0 fully saturated rings. The van der Waals surface area contributed by atoms with Crippen LogP contribution in [0.4, 0.5) is 0 Å². The highest BCUT2D eigenvalue weighted by atomic mass is 16.5. The molecule has 1 unspecified atom stereocenters. The summed E-state index contributed by atoms with van der Waals surface area (Å²) in [5.41, 5.74) is 7.56.